The van der Waals surface area contributed by atoms with E-state index in [2.05, 4.69) is 5.10 Å². The van der Waals surface area contributed by atoms with Crippen molar-refractivity contribution in [1.82, 2.24) is 9.78 Å². The summed E-state index contributed by atoms with van der Waals surface area (Å²) in [5.74, 6) is -1.04. The Balaban J connectivity index is 2.33. The number of nitrogens with zero attached hydrogens (tertiary/aromatic N) is 3. The van der Waals surface area contributed by atoms with Gasteiger partial charge in [-0.2, -0.15) is 5.10 Å². The molecule has 0 radical (unpaired) electrons. The highest BCUT2D eigenvalue weighted by atomic mass is 32.2. The van der Waals surface area contributed by atoms with E-state index < -0.39 is 10.9 Å². The Hall–Kier alpha value is -2.35. The van der Waals surface area contributed by atoms with Gasteiger partial charge in [0.1, 0.15) is 6.20 Å². The highest BCUT2D eigenvalue weighted by Crippen LogP contribution is 2.33. The first-order valence-corrected chi connectivity index (χ1v) is 5.98. The molecule has 0 spiro atoms. The number of carboxylic acids is 1. The van der Waals surface area contributed by atoms with Gasteiger partial charge in [0.05, 0.1) is 10.5 Å². The van der Waals surface area contributed by atoms with Gasteiger partial charge in [0, 0.05) is 11.9 Å². The van der Waals surface area contributed by atoms with Crippen LogP contribution in [0, 0.1) is 10.1 Å². The quantitative estimate of drug-likeness (QED) is 0.680. The topological polar surface area (TPSA) is 98.3 Å². The van der Waals surface area contributed by atoms with Crippen molar-refractivity contribution < 1.29 is 14.8 Å². The van der Waals surface area contributed by atoms with E-state index in [1.807, 2.05) is 0 Å². The van der Waals surface area contributed by atoms with Crippen LogP contribution in [0.5, 0.6) is 0 Å². The van der Waals surface area contributed by atoms with E-state index in [4.69, 9.17) is 5.11 Å². The summed E-state index contributed by atoms with van der Waals surface area (Å²) in [6.45, 7) is 0. The van der Waals surface area contributed by atoms with Crippen molar-refractivity contribution in [2.75, 3.05) is 0 Å². The van der Waals surface area contributed by atoms with Crippen LogP contribution >= 0.6 is 11.8 Å². The van der Waals surface area contributed by atoms with Crippen molar-refractivity contribution in [3.8, 4) is 0 Å². The number of hydrogen-bond acceptors (Lipinski definition) is 5. The van der Waals surface area contributed by atoms with Crippen LogP contribution in [0.4, 0.5) is 5.69 Å². The lowest BCUT2D eigenvalue weighted by Gasteiger charge is -1.99. The summed E-state index contributed by atoms with van der Waals surface area (Å²) >= 11 is 1.06. The summed E-state index contributed by atoms with van der Waals surface area (Å²) in [6, 6.07) is 6.17. The number of rotatable bonds is 4. The third kappa shape index (κ3) is 2.91. The molecule has 0 amide bonds. The summed E-state index contributed by atoms with van der Waals surface area (Å²) in [7, 11) is 1.59. The lowest BCUT2D eigenvalue weighted by Crippen LogP contribution is -1.95. The molecule has 1 heterocycles. The van der Waals surface area contributed by atoms with E-state index in [1.54, 1.807) is 19.2 Å². The molecule has 1 aromatic heterocycles. The largest absolute Gasteiger partial charge is 0.478 e. The number of aryl methyl sites for hydroxylation is 1. The van der Waals surface area contributed by atoms with Crippen LogP contribution in [0.3, 0.4) is 0 Å². The zero-order chi connectivity index (χ0) is 14.0. The average molecular weight is 279 g/mol. The van der Waals surface area contributed by atoms with Gasteiger partial charge in [-0.05, 0) is 18.2 Å². The van der Waals surface area contributed by atoms with Crippen LogP contribution in [0.25, 0.3) is 0 Å². The maximum absolute atomic E-state index is 10.8. The van der Waals surface area contributed by atoms with E-state index in [0.717, 1.165) is 11.8 Å². The van der Waals surface area contributed by atoms with E-state index >= 15 is 0 Å². The Kier molecular flexibility index (Phi) is 3.52. The standard InChI is InChI=1S/C11H9N3O4S/c1-13-6-9(14(17)18)10(12-13)19-8-4-2-3-7(5-8)11(15)16/h2-6H,1H3,(H,15,16). The third-order valence-corrected chi connectivity index (χ3v) is 3.24. The van der Waals surface area contributed by atoms with Gasteiger partial charge < -0.3 is 5.11 Å². The van der Waals surface area contributed by atoms with E-state index in [-0.39, 0.29) is 16.3 Å². The van der Waals surface area contributed by atoms with Crippen LogP contribution in [-0.4, -0.2) is 25.8 Å². The maximum Gasteiger partial charge on any atom is 0.335 e. The maximum atomic E-state index is 10.8. The molecular weight excluding hydrogens is 270 g/mol. The molecule has 2 aromatic rings. The normalized spacial score (nSPS) is 10.4. The first-order valence-electron chi connectivity index (χ1n) is 5.16. The average Bonchev–Trinajstić information content (AvgIpc) is 2.70. The second-order valence-corrected chi connectivity index (χ2v) is 4.75. The molecular formula is C11H9N3O4S. The fraction of sp³-hybridized carbons (Fsp3) is 0.0909. The van der Waals surface area contributed by atoms with Gasteiger partial charge in [-0.3, -0.25) is 14.8 Å². The Morgan fingerprint density at radius 3 is 2.89 bits per heavy atom. The van der Waals surface area contributed by atoms with Gasteiger partial charge in [0.2, 0.25) is 5.03 Å². The van der Waals surface area contributed by atoms with E-state index in [0.29, 0.717) is 4.90 Å². The van der Waals surface area contributed by atoms with Gasteiger partial charge >= 0.3 is 11.7 Å². The van der Waals surface area contributed by atoms with Crippen LogP contribution in [0.1, 0.15) is 10.4 Å². The van der Waals surface area contributed by atoms with Crippen molar-refractivity contribution in [3.05, 3.63) is 46.1 Å². The number of carbonyl (C=O) groups is 1. The molecule has 0 unspecified atom stereocenters. The lowest BCUT2D eigenvalue weighted by atomic mass is 10.2. The molecule has 7 nitrogen and oxygen atoms in total. The Morgan fingerprint density at radius 1 is 1.53 bits per heavy atom. The summed E-state index contributed by atoms with van der Waals surface area (Å²) in [5, 5.41) is 24.0. The third-order valence-electron chi connectivity index (χ3n) is 2.27. The fourth-order valence-electron chi connectivity index (χ4n) is 1.46. The summed E-state index contributed by atoms with van der Waals surface area (Å²) in [6.07, 6.45) is 1.31. The van der Waals surface area contributed by atoms with Crippen molar-refractivity contribution in [1.29, 1.82) is 0 Å². The first-order chi connectivity index (χ1) is 8.97. The molecule has 2 rings (SSSR count). The zero-order valence-corrected chi connectivity index (χ0v) is 10.6. The molecule has 0 aliphatic carbocycles. The van der Waals surface area contributed by atoms with Crippen LogP contribution in [0.15, 0.2) is 40.4 Å². The van der Waals surface area contributed by atoms with Gasteiger partial charge in [-0.25, -0.2) is 4.79 Å². The van der Waals surface area contributed by atoms with Crippen molar-refractivity contribution >= 4 is 23.4 Å². The van der Waals surface area contributed by atoms with Gasteiger partial charge in [-0.1, -0.05) is 17.8 Å². The molecule has 0 bridgehead atoms. The minimum atomic E-state index is -1.04. The molecule has 19 heavy (non-hydrogen) atoms. The van der Waals surface area contributed by atoms with Crippen LogP contribution < -0.4 is 0 Å². The second kappa shape index (κ2) is 5.11. The number of carboxylic acid groups (broad SMARTS) is 1. The number of nitro groups is 1. The highest BCUT2D eigenvalue weighted by molar-refractivity contribution is 7.99. The molecule has 1 N–H and O–H groups in total. The molecule has 1 aromatic carbocycles. The predicted molar refractivity (Wildman–Crippen MR) is 67.4 cm³/mol. The van der Waals surface area contributed by atoms with Crippen LogP contribution in [-0.2, 0) is 7.05 Å². The monoisotopic (exact) mass is 279 g/mol. The van der Waals surface area contributed by atoms with Gasteiger partial charge in [-0.15, -0.1) is 0 Å². The summed E-state index contributed by atoms with van der Waals surface area (Å²) in [4.78, 5) is 21.8. The van der Waals surface area contributed by atoms with Crippen molar-refractivity contribution in [2.45, 2.75) is 9.92 Å². The Morgan fingerprint density at radius 2 is 2.26 bits per heavy atom. The number of aromatic carboxylic acids is 1. The van der Waals surface area contributed by atoms with Crippen LogP contribution in [0.2, 0.25) is 0 Å². The molecule has 0 fully saturated rings. The summed E-state index contributed by atoms with van der Waals surface area (Å²) < 4.78 is 1.35. The molecule has 0 atom stereocenters. The molecule has 0 saturated carbocycles. The highest BCUT2D eigenvalue weighted by Gasteiger charge is 2.19. The SMILES string of the molecule is Cn1cc([N+](=O)[O-])c(Sc2cccc(C(=O)O)c2)n1. The van der Waals surface area contributed by atoms with E-state index in [1.165, 1.54) is 23.0 Å². The Bertz CT molecular complexity index is 653. The first kappa shape index (κ1) is 13.1. The number of benzene rings is 1. The molecule has 0 saturated heterocycles. The number of aromatic nitrogens is 2. The van der Waals surface area contributed by atoms with Crippen molar-refractivity contribution in [3.63, 3.8) is 0 Å². The molecule has 0 aliphatic heterocycles. The van der Waals surface area contributed by atoms with Gasteiger partial charge in [0.25, 0.3) is 0 Å². The minimum absolute atomic E-state index is 0.103. The molecule has 0 aliphatic rings. The fourth-order valence-corrected chi connectivity index (χ4v) is 2.41. The van der Waals surface area contributed by atoms with E-state index in [9.17, 15) is 14.9 Å². The smallest absolute Gasteiger partial charge is 0.335 e. The lowest BCUT2D eigenvalue weighted by molar-refractivity contribution is -0.387. The predicted octanol–water partition coefficient (Wildman–Crippen LogP) is 2.18. The second-order valence-electron chi connectivity index (χ2n) is 3.69. The Labute approximate surface area is 112 Å². The minimum Gasteiger partial charge on any atom is -0.478 e. The molecule has 8 heteroatoms. The number of hydrogen-bond donors (Lipinski definition) is 1. The summed E-state index contributed by atoms with van der Waals surface area (Å²) in [5.41, 5.74) is 0.0248. The van der Waals surface area contributed by atoms with Gasteiger partial charge in [0.15, 0.2) is 0 Å². The zero-order valence-electron chi connectivity index (χ0n) is 9.81. The van der Waals surface area contributed by atoms with Crippen molar-refractivity contribution in [2.24, 2.45) is 7.05 Å². The molecule has 98 valence electrons.